The summed E-state index contributed by atoms with van der Waals surface area (Å²) in [7, 11) is -2.06. The average Bonchev–Trinajstić information content (AvgIpc) is 2.48. The molecule has 0 fully saturated rings. The first-order valence-corrected chi connectivity index (χ1v) is 7.60. The van der Waals surface area contributed by atoms with Gasteiger partial charge in [-0.25, -0.2) is 13.4 Å². The zero-order chi connectivity index (χ0) is 14.6. The fraction of sp³-hybridized carbons (Fsp3) is 0.214. The number of hydrogen-bond donors (Lipinski definition) is 1. The van der Waals surface area contributed by atoms with Gasteiger partial charge in [-0.3, -0.25) is 0 Å². The van der Waals surface area contributed by atoms with Gasteiger partial charge in [0.1, 0.15) is 5.75 Å². The van der Waals surface area contributed by atoms with Gasteiger partial charge in [-0.15, -0.1) is 0 Å². The van der Waals surface area contributed by atoms with Crippen LogP contribution in [0.25, 0.3) is 0 Å². The second-order valence-electron chi connectivity index (χ2n) is 4.22. The van der Waals surface area contributed by atoms with E-state index in [4.69, 9.17) is 10.5 Å². The van der Waals surface area contributed by atoms with E-state index < -0.39 is 9.84 Å². The van der Waals surface area contributed by atoms with Gasteiger partial charge in [0.15, 0.2) is 5.03 Å². The lowest BCUT2D eigenvalue weighted by atomic mass is 10.2. The Hall–Kier alpha value is -1.92. The molecule has 0 radical (unpaired) electrons. The van der Waals surface area contributed by atoms with Crippen LogP contribution in [0, 0.1) is 0 Å². The highest BCUT2D eigenvalue weighted by atomic mass is 32.2. The van der Waals surface area contributed by atoms with Gasteiger partial charge in [0.2, 0.25) is 9.84 Å². The van der Waals surface area contributed by atoms with Crippen molar-refractivity contribution in [3.05, 3.63) is 48.2 Å². The molecule has 0 aliphatic rings. The fourth-order valence-electron chi connectivity index (χ4n) is 1.76. The molecule has 0 saturated carbocycles. The van der Waals surface area contributed by atoms with Crippen LogP contribution in [0.4, 0.5) is 0 Å². The summed E-state index contributed by atoms with van der Waals surface area (Å²) in [6, 6.07) is 9.46. The molecule has 0 amide bonds. The Balaban J connectivity index is 2.33. The molecule has 0 bridgehead atoms. The van der Waals surface area contributed by atoms with Crippen LogP contribution < -0.4 is 10.5 Å². The van der Waals surface area contributed by atoms with E-state index in [1.165, 1.54) is 25.3 Å². The Kier molecular flexibility index (Phi) is 4.36. The third kappa shape index (κ3) is 2.97. The summed E-state index contributed by atoms with van der Waals surface area (Å²) in [6.45, 7) is 0.506. The molecule has 2 aromatic rings. The third-order valence-corrected chi connectivity index (χ3v) is 4.56. The van der Waals surface area contributed by atoms with E-state index in [1.54, 1.807) is 24.4 Å². The number of nitrogens with zero attached hydrogens (tertiary/aromatic N) is 1. The molecule has 2 N–H and O–H groups in total. The Morgan fingerprint density at radius 2 is 1.85 bits per heavy atom. The number of sulfone groups is 1. The van der Waals surface area contributed by atoms with E-state index in [0.29, 0.717) is 18.7 Å². The maximum absolute atomic E-state index is 12.4. The number of ether oxygens (including phenoxy) is 1. The highest BCUT2D eigenvalue weighted by Crippen LogP contribution is 2.21. The SMILES string of the molecule is COc1ccc(S(=O)(=O)c2ccc(CCN)cn2)cc1. The zero-order valence-corrected chi connectivity index (χ0v) is 11.9. The fourth-order valence-corrected chi connectivity index (χ4v) is 2.93. The summed E-state index contributed by atoms with van der Waals surface area (Å²) < 4.78 is 29.8. The van der Waals surface area contributed by atoms with Crippen LogP contribution in [0.3, 0.4) is 0 Å². The second kappa shape index (κ2) is 6.02. The molecule has 20 heavy (non-hydrogen) atoms. The lowest BCUT2D eigenvalue weighted by Gasteiger charge is -2.06. The first-order chi connectivity index (χ1) is 9.57. The van der Waals surface area contributed by atoms with Crippen molar-refractivity contribution in [3.63, 3.8) is 0 Å². The van der Waals surface area contributed by atoms with Crippen LogP contribution in [0.5, 0.6) is 5.75 Å². The molecular formula is C14H16N2O3S. The van der Waals surface area contributed by atoms with E-state index in [1.807, 2.05) is 0 Å². The molecule has 0 unspecified atom stereocenters. The van der Waals surface area contributed by atoms with Gasteiger partial charge in [-0.05, 0) is 48.9 Å². The quantitative estimate of drug-likeness (QED) is 0.901. The maximum Gasteiger partial charge on any atom is 0.223 e. The minimum Gasteiger partial charge on any atom is -0.497 e. The molecule has 0 atom stereocenters. The molecule has 0 aliphatic heterocycles. The van der Waals surface area contributed by atoms with Gasteiger partial charge in [0.05, 0.1) is 12.0 Å². The summed E-state index contributed by atoms with van der Waals surface area (Å²) in [5.74, 6) is 0.607. The second-order valence-corrected chi connectivity index (χ2v) is 6.12. The Morgan fingerprint density at radius 3 is 2.35 bits per heavy atom. The van der Waals surface area contributed by atoms with E-state index in [-0.39, 0.29) is 9.92 Å². The number of pyridine rings is 1. The first kappa shape index (κ1) is 14.5. The minimum atomic E-state index is -3.59. The van der Waals surface area contributed by atoms with Crippen molar-refractivity contribution in [2.24, 2.45) is 5.73 Å². The molecule has 5 nitrogen and oxygen atoms in total. The first-order valence-electron chi connectivity index (χ1n) is 6.12. The van der Waals surface area contributed by atoms with E-state index in [0.717, 1.165) is 5.56 Å². The monoisotopic (exact) mass is 292 g/mol. The van der Waals surface area contributed by atoms with Gasteiger partial charge >= 0.3 is 0 Å². The summed E-state index contributed by atoms with van der Waals surface area (Å²) in [4.78, 5) is 4.21. The van der Waals surface area contributed by atoms with Crippen LogP contribution in [-0.2, 0) is 16.3 Å². The van der Waals surface area contributed by atoms with E-state index >= 15 is 0 Å². The number of rotatable bonds is 5. The van der Waals surface area contributed by atoms with Gasteiger partial charge in [-0.2, -0.15) is 0 Å². The minimum absolute atomic E-state index is 0.0310. The van der Waals surface area contributed by atoms with Crippen LogP contribution in [0.2, 0.25) is 0 Å². The zero-order valence-electron chi connectivity index (χ0n) is 11.1. The molecule has 1 heterocycles. The lowest BCUT2D eigenvalue weighted by molar-refractivity contribution is 0.414. The van der Waals surface area contributed by atoms with Crippen molar-refractivity contribution >= 4 is 9.84 Å². The van der Waals surface area contributed by atoms with Crippen molar-refractivity contribution in [2.75, 3.05) is 13.7 Å². The molecule has 2 rings (SSSR count). The molecule has 106 valence electrons. The van der Waals surface area contributed by atoms with Gasteiger partial charge in [0, 0.05) is 6.20 Å². The van der Waals surface area contributed by atoms with E-state index in [2.05, 4.69) is 4.98 Å². The number of hydrogen-bond acceptors (Lipinski definition) is 5. The van der Waals surface area contributed by atoms with Gasteiger partial charge in [0.25, 0.3) is 0 Å². The van der Waals surface area contributed by atoms with Gasteiger partial charge in [-0.1, -0.05) is 6.07 Å². The summed E-state index contributed by atoms with van der Waals surface area (Å²) in [6.07, 6.45) is 2.22. The highest BCUT2D eigenvalue weighted by Gasteiger charge is 2.18. The number of aromatic nitrogens is 1. The average molecular weight is 292 g/mol. The molecule has 6 heteroatoms. The van der Waals surface area contributed by atoms with E-state index in [9.17, 15) is 8.42 Å². The molecular weight excluding hydrogens is 276 g/mol. The Labute approximate surface area is 118 Å². The van der Waals surface area contributed by atoms with Crippen molar-refractivity contribution in [1.82, 2.24) is 4.98 Å². The maximum atomic E-state index is 12.4. The molecule has 1 aromatic heterocycles. The Bertz CT molecular complexity index is 665. The van der Waals surface area contributed by atoms with Crippen LogP contribution in [0.1, 0.15) is 5.56 Å². The number of nitrogens with two attached hydrogens (primary N) is 1. The summed E-state index contributed by atoms with van der Waals surface area (Å²) >= 11 is 0. The number of methoxy groups -OCH3 is 1. The highest BCUT2D eigenvalue weighted by molar-refractivity contribution is 7.91. The molecule has 0 saturated heterocycles. The third-order valence-electron chi connectivity index (χ3n) is 2.88. The summed E-state index contributed by atoms with van der Waals surface area (Å²) in [5.41, 5.74) is 6.36. The predicted octanol–water partition coefficient (Wildman–Crippen LogP) is 1.42. The van der Waals surface area contributed by atoms with Crippen molar-refractivity contribution < 1.29 is 13.2 Å². The van der Waals surface area contributed by atoms with Crippen LogP contribution in [0.15, 0.2) is 52.5 Å². The smallest absolute Gasteiger partial charge is 0.223 e. The van der Waals surface area contributed by atoms with Crippen molar-refractivity contribution in [1.29, 1.82) is 0 Å². The standard InChI is InChI=1S/C14H16N2O3S/c1-19-12-3-5-13(6-4-12)20(17,18)14-7-2-11(8-9-15)10-16-14/h2-7,10H,8-9,15H2,1H3. The van der Waals surface area contributed by atoms with Crippen LogP contribution >= 0.6 is 0 Å². The Morgan fingerprint density at radius 1 is 1.15 bits per heavy atom. The molecule has 0 spiro atoms. The van der Waals surface area contributed by atoms with Crippen LogP contribution in [-0.4, -0.2) is 27.1 Å². The normalized spacial score (nSPS) is 11.3. The summed E-state index contributed by atoms with van der Waals surface area (Å²) in [5, 5.41) is 0.0310. The molecule has 1 aromatic carbocycles. The van der Waals surface area contributed by atoms with Gasteiger partial charge < -0.3 is 10.5 Å². The van der Waals surface area contributed by atoms with Crippen molar-refractivity contribution in [2.45, 2.75) is 16.3 Å². The molecule has 0 aliphatic carbocycles. The topological polar surface area (TPSA) is 82.3 Å². The largest absolute Gasteiger partial charge is 0.497 e. The predicted molar refractivity (Wildman–Crippen MR) is 75.4 cm³/mol. The number of benzene rings is 1. The lowest BCUT2D eigenvalue weighted by Crippen LogP contribution is -2.06. The van der Waals surface area contributed by atoms with Crippen molar-refractivity contribution in [3.8, 4) is 5.75 Å².